The molecular weight excluding hydrogens is 226 g/mol. The Labute approximate surface area is 107 Å². The average Bonchev–Trinajstić information content (AvgIpc) is 2.81. The third kappa shape index (κ3) is 2.11. The van der Waals surface area contributed by atoms with Crippen LogP contribution in [0.25, 0.3) is 5.65 Å². The highest BCUT2D eigenvalue weighted by atomic mass is 15.3. The summed E-state index contributed by atoms with van der Waals surface area (Å²) in [6, 6.07) is 4.01. The molecule has 0 bridgehead atoms. The van der Waals surface area contributed by atoms with Gasteiger partial charge in [0.15, 0.2) is 11.5 Å². The van der Waals surface area contributed by atoms with Crippen LogP contribution >= 0.6 is 0 Å². The summed E-state index contributed by atoms with van der Waals surface area (Å²) in [5.74, 6) is 1.43. The Kier molecular flexibility index (Phi) is 3.01. The number of hydrogen-bond acceptors (Lipinski definition) is 4. The summed E-state index contributed by atoms with van der Waals surface area (Å²) < 4.78 is 1.85. The molecule has 3 rings (SSSR count). The van der Waals surface area contributed by atoms with Gasteiger partial charge in [0.25, 0.3) is 0 Å². The van der Waals surface area contributed by atoms with Crippen LogP contribution in [0.1, 0.15) is 30.1 Å². The van der Waals surface area contributed by atoms with Crippen molar-refractivity contribution in [2.45, 2.75) is 25.3 Å². The van der Waals surface area contributed by atoms with E-state index in [0.29, 0.717) is 12.5 Å². The molecule has 2 aromatic rings. The van der Waals surface area contributed by atoms with E-state index in [2.05, 4.69) is 22.0 Å². The minimum absolute atomic E-state index is 0.463. The van der Waals surface area contributed by atoms with E-state index in [4.69, 9.17) is 5.73 Å². The molecular formula is C13H19N5. The van der Waals surface area contributed by atoms with Crippen molar-refractivity contribution in [3.8, 4) is 0 Å². The lowest BCUT2D eigenvalue weighted by Gasteiger charge is -2.27. The first kappa shape index (κ1) is 11.6. The van der Waals surface area contributed by atoms with Gasteiger partial charge in [0.05, 0.1) is 0 Å². The van der Waals surface area contributed by atoms with Crippen LogP contribution in [-0.4, -0.2) is 39.6 Å². The van der Waals surface area contributed by atoms with Gasteiger partial charge in [-0.3, -0.25) is 0 Å². The molecule has 1 saturated heterocycles. The van der Waals surface area contributed by atoms with Crippen molar-refractivity contribution < 1.29 is 0 Å². The third-order valence-electron chi connectivity index (χ3n) is 3.63. The van der Waals surface area contributed by atoms with Crippen molar-refractivity contribution in [2.24, 2.45) is 5.73 Å². The van der Waals surface area contributed by atoms with E-state index in [1.54, 1.807) is 0 Å². The Balaban J connectivity index is 1.92. The van der Waals surface area contributed by atoms with Crippen LogP contribution < -0.4 is 5.73 Å². The Bertz CT molecular complexity index is 547. The second kappa shape index (κ2) is 4.66. The topological polar surface area (TPSA) is 59.5 Å². The maximum Gasteiger partial charge on any atom is 0.156 e. The molecule has 96 valence electrons. The number of hydrogen-bond donors (Lipinski definition) is 1. The summed E-state index contributed by atoms with van der Waals surface area (Å²) in [6.45, 7) is 2.78. The van der Waals surface area contributed by atoms with Gasteiger partial charge in [0.1, 0.15) is 0 Å². The van der Waals surface area contributed by atoms with Crippen molar-refractivity contribution in [1.29, 1.82) is 0 Å². The summed E-state index contributed by atoms with van der Waals surface area (Å²) in [5.41, 5.74) is 7.64. The van der Waals surface area contributed by atoms with E-state index in [-0.39, 0.29) is 0 Å². The lowest BCUT2D eigenvalue weighted by Crippen LogP contribution is -2.31. The molecule has 0 saturated carbocycles. The number of pyridine rings is 1. The van der Waals surface area contributed by atoms with Crippen LogP contribution in [0, 0.1) is 0 Å². The summed E-state index contributed by atoms with van der Waals surface area (Å²) in [6.07, 6.45) is 4.38. The molecule has 1 fully saturated rings. The molecule has 1 atom stereocenters. The Morgan fingerprint density at radius 3 is 3.11 bits per heavy atom. The Morgan fingerprint density at radius 1 is 1.44 bits per heavy atom. The minimum Gasteiger partial charge on any atom is -0.326 e. The van der Waals surface area contributed by atoms with Gasteiger partial charge in [-0.1, -0.05) is 6.07 Å². The predicted octanol–water partition coefficient (Wildman–Crippen LogP) is 0.997. The van der Waals surface area contributed by atoms with E-state index in [0.717, 1.165) is 23.6 Å². The largest absolute Gasteiger partial charge is 0.326 e. The number of nitrogens with two attached hydrogens (primary N) is 1. The number of aromatic nitrogens is 3. The zero-order valence-electron chi connectivity index (χ0n) is 10.7. The summed E-state index contributed by atoms with van der Waals surface area (Å²) >= 11 is 0. The minimum atomic E-state index is 0.463. The monoisotopic (exact) mass is 245 g/mol. The van der Waals surface area contributed by atoms with Gasteiger partial charge in [-0.15, -0.1) is 0 Å². The first-order chi connectivity index (χ1) is 8.76. The molecule has 0 spiro atoms. The average molecular weight is 245 g/mol. The van der Waals surface area contributed by atoms with Crippen molar-refractivity contribution in [2.75, 3.05) is 20.1 Å². The molecule has 0 aromatic carbocycles. The zero-order valence-corrected chi connectivity index (χ0v) is 10.7. The van der Waals surface area contributed by atoms with Crippen molar-refractivity contribution >= 4 is 5.65 Å². The molecule has 18 heavy (non-hydrogen) atoms. The van der Waals surface area contributed by atoms with Crippen molar-refractivity contribution in [3.63, 3.8) is 0 Å². The van der Waals surface area contributed by atoms with Gasteiger partial charge >= 0.3 is 0 Å². The maximum atomic E-state index is 5.64. The van der Waals surface area contributed by atoms with E-state index in [1.807, 2.05) is 22.8 Å². The molecule has 2 aromatic heterocycles. The molecule has 5 nitrogen and oxygen atoms in total. The number of fused-ring (bicyclic) bond motifs is 1. The first-order valence-electron chi connectivity index (χ1n) is 6.50. The normalized spacial score (nSPS) is 21.6. The zero-order chi connectivity index (χ0) is 12.5. The summed E-state index contributed by atoms with van der Waals surface area (Å²) in [7, 11) is 2.16. The van der Waals surface area contributed by atoms with Gasteiger partial charge in [-0.2, -0.15) is 5.10 Å². The Morgan fingerprint density at radius 2 is 2.33 bits per heavy atom. The van der Waals surface area contributed by atoms with Crippen LogP contribution in [0.3, 0.4) is 0 Å². The predicted molar refractivity (Wildman–Crippen MR) is 70.4 cm³/mol. The molecule has 5 heteroatoms. The highest BCUT2D eigenvalue weighted by Crippen LogP contribution is 2.24. The molecule has 2 N–H and O–H groups in total. The molecule has 3 heterocycles. The number of likely N-dealkylation sites (N-methyl/N-ethyl adjacent to an activating group) is 1. The number of rotatable bonds is 2. The second-order valence-electron chi connectivity index (χ2n) is 5.12. The van der Waals surface area contributed by atoms with Crippen LogP contribution in [0.15, 0.2) is 18.3 Å². The molecule has 1 unspecified atom stereocenters. The lowest BCUT2D eigenvalue weighted by molar-refractivity contribution is 0.246. The fourth-order valence-corrected chi connectivity index (χ4v) is 2.61. The van der Waals surface area contributed by atoms with Gasteiger partial charge in [-0.05, 0) is 38.1 Å². The lowest BCUT2D eigenvalue weighted by atomic mass is 9.98. The molecule has 1 aliphatic rings. The van der Waals surface area contributed by atoms with Crippen molar-refractivity contribution in [1.82, 2.24) is 19.5 Å². The SMILES string of the molecule is CN1CCCC(c2nc3ccc(CN)cn3n2)C1. The second-order valence-corrected chi connectivity index (χ2v) is 5.12. The van der Waals surface area contributed by atoms with Gasteiger partial charge < -0.3 is 10.6 Å². The van der Waals surface area contributed by atoms with Gasteiger partial charge in [0.2, 0.25) is 0 Å². The third-order valence-corrected chi connectivity index (χ3v) is 3.63. The van der Waals surface area contributed by atoms with Crippen LogP contribution in [0.5, 0.6) is 0 Å². The number of nitrogens with zero attached hydrogens (tertiary/aromatic N) is 4. The fourth-order valence-electron chi connectivity index (χ4n) is 2.61. The molecule has 0 radical (unpaired) electrons. The van der Waals surface area contributed by atoms with E-state index >= 15 is 0 Å². The van der Waals surface area contributed by atoms with Gasteiger partial charge in [-0.25, -0.2) is 9.50 Å². The Hall–Kier alpha value is -1.46. The first-order valence-corrected chi connectivity index (χ1v) is 6.50. The summed E-state index contributed by atoms with van der Waals surface area (Å²) in [4.78, 5) is 6.98. The molecule has 0 aliphatic carbocycles. The smallest absolute Gasteiger partial charge is 0.156 e. The molecule has 1 aliphatic heterocycles. The van der Waals surface area contributed by atoms with Gasteiger partial charge in [0, 0.05) is 25.2 Å². The highest BCUT2D eigenvalue weighted by Gasteiger charge is 2.22. The van der Waals surface area contributed by atoms with Crippen LogP contribution in [0.4, 0.5) is 0 Å². The van der Waals surface area contributed by atoms with E-state index in [9.17, 15) is 0 Å². The standard InChI is InChI=1S/C13H19N5/c1-17-6-2-3-11(9-17)13-15-12-5-4-10(7-14)8-18(12)16-13/h4-5,8,11H,2-3,6-7,9,14H2,1H3. The molecule has 0 amide bonds. The van der Waals surface area contributed by atoms with E-state index in [1.165, 1.54) is 19.4 Å². The van der Waals surface area contributed by atoms with Crippen molar-refractivity contribution in [3.05, 3.63) is 29.7 Å². The number of piperidine rings is 1. The highest BCUT2D eigenvalue weighted by molar-refractivity contribution is 5.39. The van der Waals surface area contributed by atoms with Crippen LogP contribution in [-0.2, 0) is 6.54 Å². The van der Waals surface area contributed by atoms with Crippen LogP contribution in [0.2, 0.25) is 0 Å². The fraction of sp³-hybridized carbons (Fsp3) is 0.538. The quantitative estimate of drug-likeness (QED) is 0.857. The maximum absolute atomic E-state index is 5.64. The van der Waals surface area contributed by atoms with E-state index < -0.39 is 0 Å². The summed E-state index contributed by atoms with van der Waals surface area (Å²) in [5, 5.41) is 4.60. The number of likely N-dealkylation sites (tertiary alicyclic amines) is 1.